The van der Waals surface area contributed by atoms with Crippen molar-refractivity contribution in [2.75, 3.05) is 0 Å². The third-order valence-electron chi connectivity index (χ3n) is 2.11. The molecule has 5 heteroatoms. The zero-order valence-corrected chi connectivity index (χ0v) is 9.77. The normalized spacial score (nSPS) is 10.3. The molecule has 0 unspecified atom stereocenters. The van der Waals surface area contributed by atoms with E-state index in [1.165, 1.54) is 6.20 Å². The van der Waals surface area contributed by atoms with Crippen LogP contribution in [-0.2, 0) is 11.2 Å². The molecule has 0 amide bonds. The molecule has 16 heavy (non-hydrogen) atoms. The minimum atomic E-state index is -0.935. The lowest BCUT2D eigenvalue weighted by atomic mass is 10.1. The summed E-state index contributed by atoms with van der Waals surface area (Å²) < 4.78 is 5.88. The predicted octanol–water partition coefficient (Wildman–Crippen LogP) is 2.73. The first-order chi connectivity index (χ1) is 7.66. The van der Waals surface area contributed by atoms with Gasteiger partial charge in [-0.15, -0.1) is 0 Å². The molecule has 0 aliphatic rings. The number of halogens is 1. The average Bonchev–Trinajstić information content (AvgIpc) is 2.66. The van der Waals surface area contributed by atoms with Gasteiger partial charge in [-0.1, -0.05) is 33.2 Å². The molecule has 1 N–H and O–H groups in total. The summed E-state index contributed by atoms with van der Waals surface area (Å²) in [6.07, 6.45) is 1.37. The molecule has 0 atom stereocenters. The number of rotatable bonds is 3. The molecular weight excluding hydrogens is 274 g/mol. The van der Waals surface area contributed by atoms with E-state index in [9.17, 15) is 4.79 Å². The fourth-order valence-electron chi connectivity index (χ4n) is 1.39. The third kappa shape index (κ3) is 2.30. The predicted molar refractivity (Wildman–Crippen MR) is 61.0 cm³/mol. The lowest BCUT2D eigenvalue weighted by Crippen LogP contribution is -1.99. The molecule has 0 spiro atoms. The van der Waals surface area contributed by atoms with Crippen molar-refractivity contribution >= 4 is 21.9 Å². The Bertz CT molecular complexity index is 504. The fraction of sp³-hybridized carbons (Fsp3) is 0.0909. The number of carboxylic acid groups (broad SMARTS) is 1. The van der Waals surface area contributed by atoms with E-state index < -0.39 is 5.97 Å². The molecule has 2 aromatic rings. The molecule has 1 aromatic carbocycles. The van der Waals surface area contributed by atoms with Crippen LogP contribution < -0.4 is 0 Å². The van der Waals surface area contributed by atoms with Gasteiger partial charge in [-0.05, 0) is 17.7 Å². The number of hydrogen-bond acceptors (Lipinski definition) is 3. The Balaban J connectivity index is 2.36. The van der Waals surface area contributed by atoms with Crippen molar-refractivity contribution in [3.05, 3.63) is 40.7 Å². The summed E-state index contributed by atoms with van der Waals surface area (Å²) in [5, 5.41) is 12.3. The maximum atomic E-state index is 10.6. The highest BCUT2D eigenvalue weighted by Gasteiger charge is 2.13. The Morgan fingerprint density at radius 3 is 2.69 bits per heavy atom. The van der Waals surface area contributed by atoms with Crippen molar-refractivity contribution in [2.45, 2.75) is 6.42 Å². The van der Waals surface area contributed by atoms with Crippen LogP contribution in [0, 0.1) is 0 Å². The Morgan fingerprint density at radius 2 is 2.06 bits per heavy atom. The third-order valence-corrected chi connectivity index (χ3v) is 2.64. The van der Waals surface area contributed by atoms with Crippen LogP contribution >= 0.6 is 15.9 Å². The summed E-state index contributed by atoms with van der Waals surface area (Å²) in [4.78, 5) is 10.6. The van der Waals surface area contributed by atoms with Gasteiger partial charge in [-0.2, -0.15) is 0 Å². The van der Waals surface area contributed by atoms with Crippen LogP contribution in [0.1, 0.15) is 5.76 Å². The lowest BCUT2D eigenvalue weighted by molar-refractivity contribution is -0.136. The summed E-state index contributed by atoms with van der Waals surface area (Å²) in [6.45, 7) is 0. The number of nitrogens with zero attached hydrogens (tertiary/aromatic N) is 1. The number of hydrogen-bond donors (Lipinski definition) is 1. The maximum absolute atomic E-state index is 10.6. The van der Waals surface area contributed by atoms with Gasteiger partial charge in [-0.3, -0.25) is 4.79 Å². The van der Waals surface area contributed by atoms with E-state index in [1.54, 1.807) is 0 Å². The molecule has 0 aliphatic heterocycles. The molecule has 0 saturated heterocycles. The Morgan fingerprint density at radius 1 is 1.38 bits per heavy atom. The van der Waals surface area contributed by atoms with Crippen molar-refractivity contribution in [3.8, 4) is 11.1 Å². The van der Waals surface area contributed by atoms with Crippen LogP contribution in [0.2, 0.25) is 0 Å². The van der Waals surface area contributed by atoms with Gasteiger partial charge in [0.15, 0.2) is 5.76 Å². The van der Waals surface area contributed by atoms with Crippen LogP contribution in [0.5, 0.6) is 0 Å². The van der Waals surface area contributed by atoms with E-state index in [0.29, 0.717) is 5.76 Å². The van der Waals surface area contributed by atoms with Gasteiger partial charge in [0, 0.05) is 10.0 Å². The lowest BCUT2D eigenvalue weighted by Gasteiger charge is -1.99. The van der Waals surface area contributed by atoms with Crippen molar-refractivity contribution in [2.24, 2.45) is 0 Å². The van der Waals surface area contributed by atoms with Gasteiger partial charge < -0.3 is 9.63 Å². The molecule has 0 saturated carbocycles. The number of carbonyl (C=O) groups is 1. The number of benzene rings is 1. The van der Waals surface area contributed by atoms with Crippen LogP contribution in [0.15, 0.2) is 39.5 Å². The zero-order valence-electron chi connectivity index (χ0n) is 8.18. The second kappa shape index (κ2) is 4.49. The molecule has 1 heterocycles. The minimum absolute atomic E-state index is 0.161. The second-order valence-corrected chi connectivity index (χ2v) is 4.16. The summed E-state index contributed by atoms with van der Waals surface area (Å²) >= 11 is 3.33. The Labute approximate surface area is 100 Å². The SMILES string of the molecule is O=C(O)Cc1oncc1-c1ccc(Br)cc1. The first kappa shape index (κ1) is 10.9. The van der Waals surface area contributed by atoms with Crippen LogP contribution in [0.3, 0.4) is 0 Å². The van der Waals surface area contributed by atoms with Crippen LogP contribution in [0.25, 0.3) is 11.1 Å². The molecular formula is C11H8BrNO3. The van der Waals surface area contributed by atoms with Gasteiger partial charge in [0.05, 0.1) is 6.20 Å². The van der Waals surface area contributed by atoms with E-state index in [4.69, 9.17) is 9.63 Å². The summed E-state index contributed by atoms with van der Waals surface area (Å²) in [6, 6.07) is 7.52. The first-order valence-electron chi connectivity index (χ1n) is 4.58. The van der Waals surface area contributed by atoms with Gasteiger partial charge in [0.2, 0.25) is 0 Å². The highest BCUT2D eigenvalue weighted by Crippen LogP contribution is 2.25. The van der Waals surface area contributed by atoms with E-state index in [1.807, 2.05) is 24.3 Å². The highest BCUT2D eigenvalue weighted by atomic mass is 79.9. The largest absolute Gasteiger partial charge is 0.481 e. The minimum Gasteiger partial charge on any atom is -0.481 e. The van der Waals surface area contributed by atoms with E-state index in [-0.39, 0.29) is 6.42 Å². The molecule has 1 aromatic heterocycles. The zero-order chi connectivity index (χ0) is 11.5. The van der Waals surface area contributed by atoms with Gasteiger partial charge in [0.1, 0.15) is 6.42 Å². The number of carboxylic acids is 1. The summed E-state index contributed by atoms with van der Waals surface area (Å²) in [5.74, 6) is -0.565. The summed E-state index contributed by atoms with van der Waals surface area (Å²) in [7, 11) is 0. The molecule has 0 aliphatic carbocycles. The average molecular weight is 282 g/mol. The number of aliphatic carboxylic acids is 1. The molecule has 82 valence electrons. The van der Waals surface area contributed by atoms with E-state index in [2.05, 4.69) is 21.1 Å². The fourth-order valence-corrected chi connectivity index (χ4v) is 1.66. The smallest absolute Gasteiger partial charge is 0.311 e. The molecule has 0 radical (unpaired) electrons. The van der Waals surface area contributed by atoms with Crippen molar-refractivity contribution in [1.29, 1.82) is 0 Å². The Kier molecular flexibility index (Phi) is 3.05. The van der Waals surface area contributed by atoms with Gasteiger partial charge in [0.25, 0.3) is 0 Å². The summed E-state index contributed by atoms with van der Waals surface area (Å²) in [5.41, 5.74) is 1.61. The van der Waals surface area contributed by atoms with Gasteiger partial charge in [-0.25, -0.2) is 0 Å². The Hall–Kier alpha value is -1.62. The topological polar surface area (TPSA) is 63.3 Å². The van der Waals surface area contributed by atoms with Crippen molar-refractivity contribution in [3.63, 3.8) is 0 Å². The second-order valence-electron chi connectivity index (χ2n) is 3.24. The molecule has 0 bridgehead atoms. The van der Waals surface area contributed by atoms with Crippen molar-refractivity contribution in [1.82, 2.24) is 5.16 Å². The quantitative estimate of drug-likeness (QED) is 0.940. The van der Waals surface area contributed by atoms with E-state index in [0.717, 1.165) is 15.6 Å². The van der Waals surface area contributed by atoms with Crippen LogP contribution in [-0.4, -0.2) is 16.2 Å². The van der Waals surface area contributed by atoms with Gasteiger partial charge >= 0.3 is 5.97 Å². The highest BCUT2D eigenvalue weighted by molar-refractivity contribution is 9.10. The number of aromatic nitrogens is 1. The molecule has 4 nitrogen and oxygen atoms in total. The molecule has 0 fully saturated rings. The monoisotopic (exact) mass is 281 g/mol. The maximum Gasteiger partial charge on any atom is 0.311 e. The standard InChI is InChI=1S/C11H8BrNO3/c12-8-3-1-7(2-4-8)9-6-13-16-10(9)5-11(14)15/h1-4,6H,5H2,(H,14,15). The van der Waals surface area contributed by atoms with Crippen LogP contribution in [0.4, 0.5) is 0 Å². The first-order valence-corrected chi connectivity index (χ1v) is 5.37. The van der Waals surface area contributed by atoms with Crippen molar-refractivity contribution < 1.29 is 14.4 Å². The van der Waals surface area contributed by atoms with E-state index >= 15 is 0 Å². The molecule has 2 rings (SSSR count).